The Labute approximate surface area is 140 Å². The topological polar surface area (TPSA) is 58.0 Å². The summed E-state index contributed by atoms with van der Waals surface area (Å²) in [5, 5.41) is 0. The Morgan fingerprint density at radius 3 is 2.04 bits per heavy atom. The minimum Gasteiger partial charge on any atom is -0.352 e. The van der Waals surface area contributed by atoms with Gasteiger partial charge in [0.25, 0.3) is 0 Å². The summed E-state index contributed by atoms with van der Waals surface area (Å²) < 4.78 is 0. The Morgan fingerprint density at radius 1 is 0.667 bits per heavy atom. The molecule has 0 N–H and O–H groups in total. The van der Waals surface area contributed by atoms with Crippen LogP contribution in [0.3, 0.4) is 0 Å². The molecule has 1 aliphatic heterocycles. The molecule has 6 heteroatoms. The number of hydrogen-bond donors (Lipinski definition) is 0. The van der Waals surface area contributed by atoms with Gasteiger partial charge in [-0.2, -0.15) is 0 Å². The van der Waals surface area contributed by atoms with Gasteiger partial charge < -0.3 is 9.80 Å². The molecule has 0 unspecified atom stereocenters. The molecule has 0 spiro atoms. The van der Waals surface area contributed by atoms with Gasteiger partial charge in [0.1, 0.15) is 5.82 Å². The number of piperazine rings is 1. The van der Waals surface area contributed by atoms with E-state index in [1.165, 1.54) is 0 Å². The van der Waals surface area contributed by atoms with Gasteiger partial charge in [0, 0.05) is 44.1 Å². The van der Waals surface area contributed by atoms with Gasteiger partial charge in [0.2, 0.25) is 5.95 Å². The van der Waals surface area contributed by atoms with E-state index in [-0.39, 0.29) is 0 Å². The third-order valence-electron chi connectivity index (χ3n) is 4.15. The summed E-state index contributed by atoms with van der Waals surface area (Å²) in [7, 11) is 0. The lowest BCUT2D eigenvalue weighted by Crippen LogP contribution is -2.47. The summed E-state index contributed by atoms with van der Waals surface area (Å²) in [5.74, 6) is 1.71. The molecule has 1 saturated heterocycles. The molecule has 120 valence electrons. The lowest BCUT2D eigenvalue weighted by Gasteiger charge is -2.35. The molecule has 1 aromatic carbocycles. The summed E-state index contributed by atoms with van der Waals surface area (Å²) in [5.41, 5.74) is 1.98. The van der Waals surface area contributed by atoms with Crippen molar-refractivity contribution in [3.63, 3.8) is 0 Å². The fraction of sp³-hybridized carbons (Fsp3) is 0.222. The van der Waals surface area contributed by atoms with Gasteiger partial charge in [0.15, 0.2) is 0 Å². The molecule has 0 radical (unpaired) electrons. The van der Waals surface area contributed by atoms with Gasteiger partial charge in [-0.1, -0.05) is 30.3 Å². The van der Waals surface area contributed by atoms with E-state index in [4.69, 9.17) is 0 Å². The third kappa shape index (κ3) is 3.03. The first-order valence-electron chi connectivity index (χ1n) is 8.04. The molecule has 6 nitrogen and oxygen atoms in total. The number of aromatic nitrogens is 4. The van der Waals surface area contributed by atoms with Crippen LogP contribution < -0.4 is 9.80 Å². The van der Waals surface area contributed by atoms with E-state index in [1.807, 2.05) is 48.8 Å². The van der Waals surface area contributed by atoms with Crippen molar-refractivity contribution in [2.24, 2.45) is 0 Å². The van der Waals surface area contributed by atoms with Crippen LogP contribution in [-0.4, -0.2) is 46.1 Å². The van der Waals surface area contributed by atoms with E-state index in [1.54, 1.807) is 12.4 Å². The van der Waals surface area contributed by atoms with Crippen LogP contribution in [0.15, 0.2) is 61.2 Å². The monoisotopic (exact) mass is 318 g/mol. The molecule has 4 rings (SSSR count). The van der Waals surface area contributed by atoms with E-state index in [9.17, 15) is 0 Å². The molecule has 2 aromatic heterocycles. The number of anilines is 2. The first-order chi connectivity index (χ1) is 11.9. The molecular weight excluding hydrogens is 300 g/mol. The van der Waals surface area contributed by atoms with Crippen molar-refractivity contribution >= 4 is 11.8 Å². The zero-order chi connectivity index (χ0) is 16.2. The van der Waals surface area contributed by atoms with Gasteiger partial charge in [0.05, 0.1) is 18.1 Å². The minimum absolute atomic E-state index is 0.794. The maximum Gasteiger partial charge on any atom is 0.225 e. The van der Waals surface area contributed by atoms with Gasteiger partial charge in [-0.05, 0) is 6.07 Å². The van der Waals surface area contributed by atoms with Gasteiger partial charge >= 0.3 is 0 Å². The highest BCUT2D eigenvalue weighted by Gasteiger charge is 2.19. The van der Waals surface area contributed by atoms with Gasteiger partial charge in [-0.25, -0.2) is 15.0 Å². The van der Waals surface area contributed by atoms with Crippen molar-refractivity contribution in [2.45, 2.75) is 0 Å². The highest BCUT2D eigenvalue weighted by molar-refractivity contribution is 5.58. The summed E-state index contributed by atoms with van der Waals surface area (Å²) in [6, 6.07) is 11.9. The first kappa shape index (κ1) is 14.6. The van der Waals surface area contributed by atoms with Crippen molar-refractivity contribution in [1.29, 1.82) is 0 Å². The predicted octanol–water partition coefficient (Wildman–Crippen LogP) is 2.26. The van der Waals surface area contributed by atoms with E-state index in [0.29, 0.717) is 0 Å². The maximum atomic E-state index is 4.59. The summed E-state index contributed by atoms with van der Waals surface area (Å²) in [6.07, 6.45) is 7.26. The van der Waals surface area contributed by atoms with E-state index >= 15 is 0 Å². The second-order valence-corrected chi connectivity index (χ2v) is 5.65. The molecule has 0 bridgehead atoms. The summed E-state index contributed by atoms with van der Waals surface area (Å²) >= 11 is 0. The lowest BCUT2D eigenvalue weighted by molar-refractivity contribution is 0.633. The Morgan fingerprint density at radius 2 is 1.38 bits per heavy atom. The van der Waals surface area contributed by atoms with Gasteiger partial charge in [-0.15, -0.1) is 0 Å². The average Bonchev–Trinajstić information content (AvgIpc) is 2.70. The van der Waals surface area contributed by atoms with Crippen LogP contribution in [0.1, 0.15) is 0 Å². The van der Waals surface area contributed by atoms with Crippen LogP contribution in [0.4, 0.5) is 11.8 Å². The largest absolute Gasteiger partial charge is 0.352 e. The summed E-state index contributed by atoms with van der Waals surface area (Å²) in [4.78, 5) is 22.2. The normalized spacial score (nSPS) is 14.7. The van der Waals surface area contributed by atoms with E-state index in [2.05, 4.69) is 29.7 Å². The number of nitrogens with zero attached hydrogens (tertiary/aromatic N) is 6. The lowest BCUT2D eigenvalue weighted by atomic mass is 10.2. The van der Waals surface area contributed by atoms with E-state index < -0.39 is 0 Å². The molecule has 3 heterocycles. The van der Waals surface area contributed by atoms with Crippen LogP contribution in [0.25, 0.3) is 11.3 Å². The molecular formula is C18H18N6. The Kier molecular flexibility index (Phi) is 4.02. The van der Waals surface area contributed by atoms with Crippen molar-refractivity contribution in [2.75, 3.05) is 36.0 Å². The molecule has 0 atom stereocenters. The quantitative estimate of drug-likeness (QED) is 0.738. The number of hydrogen-bond acceptors (Lipinski definition) is 6. The summed E-state index contributed by atoms with van der Waals surface area (Å²) in [6.45, 7) is 3.54. The average molecular weight is 318 g/mol. The fourth-order valence-electron chi connectivity index (χ4n) is 2.83. The molecule has 1 fully saturated rings. The fourth-order valence-corrected chi connectivity index (χ4v) is 2.83. The molecule has 3 aromatic rings. The first-order valence-corrected chi connectivity index (χ1v) is 8.04. The number of benzene rings is 1. The molecule has 1 aliphatic rings. The highest BCUT2D eigenvalue weighted by atomic mass is 15.3. The van der Waals surface area contributed by atoms with Crippen LogP contribution in [0, 0.1) is 0 Å². The van der Waals surface area contributed by atoms with Crippen LogP contribution in [0.5, 0.6) is 0 Å². The van der Waals surface area contributed by atoms with Crippen molar-refractivity contribution in [3.8, 4) is 11.3 Å². The van der Waals surface area contributed by atoms with Crippen LogP contribution in [-0.2, 0) is 0 Å². The molecule has 0 aliphatic carbocycles. The zero-order valence-corrected chi connectivity index (χ0v) is 13.3. The maximum absolute atomic E-state index is 4.59. The Bertz CT molecular complexity index is 768. The van der Waals surface area contributed by atoms with Crippen molar-refractivity contribution in [3.05, 3.63) is 61.2 Å². The minimum atomic E-state index is 0.794. The standard InChI is InChI=1S/C18H18N6/c1-2-5-15(6-3-1)16-13-22-17(14-21-16)23-9-11-24(12-10-23)18-19-7-4-8-20-18/h1-8,13-14H,9-12H2. The Hall–Kier alpha value is -3.02. The van der Waals surface area contributed by atoms with E-state index in [0.717, 1.165) is 49.2 Å². The second kappa shape index (κ2) is 6.62. The molecule has 0 amide bonds. The smallest absolute Gasteiger partial charge is 0.225 e. The SMILES string of the molecule is c1ccc(-c2cnc(N3CCN(c4ncccn4)CC3)cn2)cc1. The highest BCUT2D eigenvalue weighted by Crippen LogP contribution is 2.19. The third-order valence-corrected chi connectivity index (χ3v) is 4.15. The van der Waals surface area contributed by atoms with Crippen LogP contribution in [0.2, 0.25) is 0 Å². The second-order valence-electron chi connectivity index (χ2n) is 5.65. The van der Waals surface area contributed by atoms with Crippen molar-refractivity contribution < 1.29 is 0 Å². The number of rotatable bonds is 3. The molecule has 24 heavy (non-hydrogen) atoms. The van der Waals surface area contributed by atoms with Gasteiger partial charge in [-0.3, -0.25) is 4.98 Å². The zero-order valence-electron chi connectivity index (χ0n) is 13.3. The predicted molar refractivity (Wildman–Crippen MR) is 93.9 cm³/mol. The Balaban J connectivity index is 1.43. The van der Waals surface area contributed by atoms with Crippen LogP contribution >= 0.6 is 0 Å². The molecule has 0 saturated carbocycles. The van der Waals surface area contributed by atoms with Crippen molar-refractivity contribution in [1.82, 2.24) is 19.9 Å².